The SMILES string of the molecule is Cc1cccc2sc(N(CCN(C)C)C(=O)c3cc(Cl)ccc3[N+](=O)[O-])nc12.Cl. The van der Waals surface area contributed by atoms with Gasteiger partial charge >= 0.3 is 0 Å². The van der Waals surface area contributed by atoms with E-state index >= 15 is 0 Å². The Labute approximate surface area is 183 Å². The number of para-hydroxylation sites is 1. The molecule has 29 heavy (non-hydrogen) atoms. The normalized spacial score (nSPS) is 10.8. The molecule has 0 unspecified atom stereocenters. The number of benzene rings is 2. The van der Waals surface area contributed by atoms with Gasteiger partial charge in [-0.3, -0.25) is 19.8 Å². The van der Waals surface area contributed by atoms with Crippen LogP contribution in [0.2, 0.25) is 5.02 Å². The molecule has 0 N–H and O–H groups in total. The number of carbonyl (C=O) groups excluding carboxylic acids is 1. The third kappa shape index (κ3) is 5.02. The number of rotatable bonds is 6. The maximum Gasteiger partial charge on any atom is 0.282 e. The Morgan fingerprint density at radius 2 is 1.97 bits per heavy atom. The van der Waals surface area contributed by atoms with Crippen molar-refractivity contribution >= 4 is 62.3 Å². The summed E-state index contributed by atoms with van der Waals surface area (Å²) in [5.41, 5.74) is 1.51. The number of carbonyl (C=O) groups is 1. The second kappa shape index (κ2) is 9.49. The van der Waals surface area contributed by atoms with Gasteiger partial charge < -0.3 is 4.90 Å². The molecule has 1 amide bonds. The first-order valence-electron chi connectivity index (χ1n) is 8.54. The largest absolute Gasteiger partial charge is 0.308 e. The van der Waals surface area contributed by atoms with Crippen molar-refractivity contribution in [2.45, 2.75) is 6.92 Å². The van der Waals surface area contributed by atoms with Gasteiger partial charge in [0, 0.05) is 24.2 Å². The third-order valence-corrected chi connectivity index (χ3v) is 5.52. The van der Waals surface area contributed by atoms with Crippen LogP contribution >= 0.6 is 35.3 Å². The first-order chi connectivity index (χ1) is 13.3. The van der Waals surface area contributed by atoms with Gasteiger partial charge in [-0.15, -0.1) is 12.4 Å². The Balaban J connectivity index is 0.00000300. The predicted molar refractivity (Wildman–Crippen MR) is 120 cm³/mol. The Morgan fingerprint density at radius 1 is 1.24 bits per heavy atom. The second-order valence-corrected chi connectivity index (χ2v) is 8.04. The van der Waals surface area contributed by atoms with E-state index in [4.69, 9.17) is 11.6 Å². The maximum atomic E-state index is 13.3. The van der Waals surface area contributed by atoms with E-state index in [1.165, 1.54) is 34.4 Å². The minimum absolute atomic E-state index is 0. The molecule has 3 rings (SSSR count). The molecule has 0 bridgehead atoms. The highest BCUT2D eigenvalue weighted by molar-refractivity contribution is 7.22. The van der Waals surface area contributed by atoms with Crippen LogP contribution in [0.15, 0.2) is 36.4 Å². The monoisotopic (exact) mass is 454 g/mol. The molecule has 0 fully saturated rings. The summed E-state index contributed by atoms with van der Waals surface area (Å²) in [6.45, 7) is 2.88. The number of hydrogen-bond acceptors (Lipinski definition) is 6. The van der Waals surface area contributed by atoms with E-state index in [0.29, 0.717) is 18.2 Å². The first-order valence-corrected chi connectivity index (χ1v) is 9.74. The number of nitro benzene ring substituents is 1. The molecule has 0 aliphatic rings. The lowest BCUT2D eigenvalue weighted by Crippen LogP contribution is -2.37. The van der Waals surface area contributed by atoms with Crippen molar-refractivity contribution in [3.8, 4) is 0 Å². The number of amides is 1. The Bertz CT molecular complexity index is 1060. The van der Waals surface area contributed by atoms with E-state index in [1.54, 1.807) is 0 Å². The molecule has 0 saturated carbocycles. The molecule has 10 heteroatoms. The van der Waals surface area contributed by atoms with Gasteiger partial charge in [-0.2, -0.15) is 0 Å². The smallest absolute Gasteiger partial charge is 0.282 e. The first kappa shape index (κ1) is 23.0. The van der Waals surface area contributed by atoms with Crippen LogP contribution in [0.1, 0.15) is 15.9 Å². The van der Waals surface area contributed by atoms with Crippen LogP contribution in [0.5, 0.6) is 0 Å². The van der Waals surface area contributed by atoms with E-state index in [1.807, 2.05) is 44.1 Å². The summed E-state index contributed by atoms with van der Waals surface area (Å²) in [5.74, 6) is -0.493. The summed E-state index contributed by atoms with van der Waals surface area (Å²) >= 11 is 7.40. The van der Waals surface area contributed by atoms with E-state index < -0.39 is 10.8 Å². The Morgan fingerprint density at radius 3 is 2.59 bits per heavy atom. The highest BCUT2D eigenvalue weighted by atomic mass is 35.5. The van der Waals surface area contributed by atoms with E-state index in [2.05, 4.69) is 4.98 Å². The second-order valence-electron chi connectivity index (χ2n) is 6.60. The van der Waals surface area contributed by atoms with Crippen molar-refractivity contribution in [2.75, 3.05) is 32.1 Å². The Hall–Kier alpha value is -2.26. The van der Waals surface area contributed by atoms with Crippen LogP contribution in [0.25, 0.3) is 10.2 Å². The quantitative estimate of drug-likeness (QED) is 0.394. The number of likely N-dealkylation sites (N-methyl/N-ethyl adjacent to an activating group) is 1. The van der Waals surface area contributed by atoms with Crippen molar-refractivity contribution in [1.29, 1.82) is 0 Å². The van der Waals surface area contributed by atoms with Crippen LogP contribution in [0.3, 0.4) is 0 Å². The molecule has 0 atom stereocenters. The summed E-state index contributed by atoms with van der Waals surface area (Å²) < 4.78 is 0.957. The predicted octanol–water partition coefficient (Wildman–Crippen LogP) is 4.80. The zero-order chi connectivity index (χ0) is 20.4. The molecule has 154 valence electrons. The van der Waals surface area contributed by atoms with Crippen molar-refractivity contribution in [2.24, 2.45) is 0 Å². The van der Waals surface area contributed by atoms with Gasteiger partial charge in [0.15, 0.2) is 5.13 Å². The van der Waals surface area contributed by atoms with Crippen molar-refractivity contribution < 1.29 is 9.72 Å². The zero-order valence-corrected chi connectivity index (χ0v) is 18.5. The van der Waals surface area contributed by atoms with Crippen molar-refractivity contribution in [3.63, 3.8) is 0 Å². The lowest BCUT2D eigenvalue weighted by Gasteiger charge is -2.22. The third-order valence-electron chi connectivity index (χ3n) is 4.24. The molecule has 2 aromatic carbocycles. The highest BCUT2D eigenvalue weighted by Crippen LogP contribution is 2.33. The topological polar surface area (TPSA) is 79.6 Å². The summed E-state index contributed by atoms with van der Waals surface area (Å²) in [6, 6.07) is 9.83. The molecule has 0 radical (unpaired) electrons. The lowest BCUT2D eigenvalue weighted by atomic mass is 10.1. The average Bonchev–Trinajstić information content (AvgIpc) is 3.06. The number of aromatic nitrogens is 1. The lowest BCUT2D eigenvalue weighted by molar-refractivity contribution is -0.385. The number of aryl methyl sites for hydroxylation is 1. The summed E-state index contributed by atoms with van der Waals surface area (Å²) in [7, 11) is 3.79. The summed E-state index contributed by atoms with van der Waals surface area (Å²) in [5, 5.41) is 12.2. The number of nitro groups is 1. The fourth-order valence-electron chi connectivity index (χ4n) is 2.76. The molecule has 0 saturated heterocycles. The molecule has 1 aromatic heterocycles. The van der Waals surface area contributed by atoms with Crippen molar-refractivity contribution in [3.05, 3.63) is 62.7 Å². The average molecular weight is 455 g/mol. The molecule has 0 spiro atoms. The maximum absolute atomic E-state index is 13.3. The van der Waals surface area contributed by atoms with Gasteiger partial charge in [-0.25, -0.2) is 4.98 Å². The van der Waals surface area contributed by atoms with Gasteiger partial charge in [0.1, 0.15) is 5.56 Å². The number of thiazole rings is 1. The number of fused-ring (bicyclic) bond motifs is 1. The minimum Gasteiger partial charge on any atom is -0.308 e. The van der Waals surface area contributed by atoms with Gasteiger partial charge in [0.25, 0.3) is 11.6 Å². The van der Waals surface area contributed by atoms with Crippen LogP contribution in [0.4, 0.5) is 10.8 Å². The number of hydrogen-bond donors (Lipinski definition) is 0. The van der Waals surface area contributed by atoms with Gasteiger partial charge in [-0.05, 0) is 44.8 Å². The number of anilines is 1. The van der Waals surface area contributed by atoms with Gasteiger partial charge in [-0.1, -0.05) is 35.1 Å². The van der Waals surface area contributed by atoms with Crippen LogP contribution < -0.4 is 4.90 Å². The van der Waals surface area contributed by atoms with Crippen molar-refractivity contribution in [1.82, 2.24) is 9.88 Å². The Kier molecular flexibility index (Phi) is 7.54. The van der Waals surface area contributed by atoms with E-state index in [0.717, 1.165) is 15.8 Å². The van der Waals surface area contributed by atoms with Crippen LogP contribution in [0, 0.1) is 17.0 Å². The van der Waals surface area contributed by atoms with Gasteiger partial charge in [0.2, 0.25) is 0 Å². The summed E-state index contributed by atoms with van der Waals surface area (Å²) in [4.78, 5) is 32.2. The molecule has 7 nitrogen and oxygen atoms in total. The van der Waals surface area contributed by atoms with Crippen LogP contribution in [-0.4, -0.2) is 47.9 Å². The molecular weight excluding hydrogens is 435 g/mol. The number of halogens is 2. The molecule has 1 heterocycles. The minimum atomic E-state index is -0.573. The van der Waals surface area contributed by atoms with Crippen LogP contribution in [-0.2, 0) is 0 Å². The van der Waals surface area contributed by atoms with E-state index in [9.17, 15) is 14.9 Å². The van der Waals surface area contributed by atoms with E-state index in [-0.39, 0.29) is 28.7 Å². The summed E-state index contributed by atoms with van der Waals surface area (Å²) in [6.07, 6.45) is 0. The zero-order valence-electron chi connectivity index (χ0n) is 16.1. The van der Waals surface area contributed by atoms with Gasteiger partial charge in [0.05, 0.1) is 15.1 Å². The molecule has 3 aromatic rings. The number of nitrogens with zero attached hydrogens (tertiary/aromatic N) is 4. The molecule has 0 aliphatic heterocycles. The fraction of sp³-hybridized carbons (Fsp3) is 0.263. The standard InChI is InChI=1S/C19H19ClN4O3S.ClH/c1-12-5-4-6-16-17(12)21-19(28-16)23(10-9-22(2)3)18(25)14-11-13(20)7-8-15(14)24(26)27;/h4-8,11H,9-10H2,1-3H3;1H. The molecular formula is C19H20Cl2N4O3S. The highest BCUT2D eigenvalue weighted by Gasteiger charge is 2.28. The fourth-order valence-corrected chi connectivity index (χ4v) is 4.00. The molecule has 0 aliphatic carbocycles.